The van der Waals surface area contributed by atoms with Gasteiger partial charge in [0.2, 0.25) is 0 Å². The first kappa shape index (κ1) is 15.5. The molecule has 0 spiro atoms. The van der Waals surface area contributed by atoms with Crippen LogP contribution in [0.15, 0.2) is 66.7 Å². The highest BCUT2D eigenvalue weighted by Gasteiger charge is 2.06. The molecule has 0 radical (unpaired) electrons. The number of rotatable bonds is 5. The molecule has 1 atom stereocenters. The molecule has 2 aromatic carbocycles. The molecule has 0 aliphatic rings. The standard InChI is InChI=1S/C18H15ClOS2/c19-18-11-10-17(21-18)13-22(20)12-14-6-8-16(9-7-14)15-4-2-1-3-5-15/h1-11H,12-13H2. The summed E-state index contributed by atoms with van der Waals surface area (Å²) in [5, 5.41) is 0. The second-order valence-corrected chi connectivity index (χ2v) is 8.25. The third-order valence-electron chi connectivity index (χ3n) is 3.32. The summed E-state index contributed by atoms with van der Waals surface area (Å²) in [6.07, 6.45) is 0. The molecule has 0 bridgehead atoms. The molecule has 1 aromatic heterocycles. The van der Waals surface area contributed by atoms with Crippen molar-refractivity contribution >= 4 is 33.7 Å². The van der Waals surface area contributed by atoms with Gasteiger partial charge in [-0.3, -0.25) is 4.21 Å². The normalized spacial score (nSPS) is 12.2. The molecular weight excluding hydrogens is 332 g/mol. The lowest BCUT2D eigenvalue weighted by Crippen LogP contribution is -1.98. The van der Waals surface area contributed by atoms with Crippen molar-refractivity contribution in [2.75, 3.05) is 0 Å². The van der Waals surface area contributed by atoms with Crippen LogP contribution < -0.4 is 0 Å². The van der Waals surface area contributed by atoms with Gasteiger partial charge in [0.1, 0.15) is 0 Å². The fourth-order valence-electron chi connectivity index (χ4n) is 2.25. The average molecular weight is 347 g/mol. The number of benzene rings is 2. The van der Waals surface area contributed by atoms with Crippen LogP contribution in [0.1, 0.15) is 10.4 Å². The van der Waals surface area contributed by atoms with E-state index in [9.17, 15) is 4.21 Å². The van der Waals surface area contributed by atoms with Crippen LogP contribution in [0.5, 0.6) is 0 Å². The topological polar surface area (TPSA) is 17.1 Å². The summed E-state index contributed by atoms with van der Waals surface area (Å²) >= 11 is 7.40. The van der Waals surface area contributed by atoms with Crippen LogP contribution in [0.2, 0.25) is 4.34 Å². The van der Waals surface area contributed by atoms with E-state index in [1.165, 1.54) is 22.5 Å². The Labute approximate surface area is 142 Å². The molecule has 3 rings (SSSR count). The largest absolute Gasteiger partial charge is 0.259 e. The van der Waals surface area contributed by atoms with Gasteiger partial charge in [-0.15, -0.1) is 11.3 Å². The second-order valence-electron chi connectivity index (χ2n) is 5.00. The maximum absolute atomic E-state index is 12.2. The highest BCUT2D eigenvalue weighted by atomic mass is 35.5. The zero-order valence-electron chi connectivity index (χ0n) is 11.9. The zero-order chi connectivity index (χ0) is 15.4. The molecule has 1 heterocycles. The molecule has 0 saturated carbocycles. The van der Waals surface area contributed by atoms with Gasteiger partial charge in [0.05, 0.1) is 10.1 Å². The van der Waals surface area contributed by atoms with E-state index in [4.69, 9.17) is 11.6 Å². The number of hydrogen-bond donors (Lipinski definition) is 0. The molecule has 0 N–H and O–H groups in total. The number of thiophene rings is 1. The quantitative estimate of drug-likeness (QED) is 0.594. The maximum atomic E-state index is 12.2. The maximum Gasteiger partial charge on any atom is 0.0931 e. The summed E-state index contributed by atoms with van der Waals surface area (Å²) in [5.74, 6) is 1.14. The molecule has 0 amide bonds. The number of hydrogen-bond acceptors (Lipinski definition) is 2. The molecular formula is C18H15ClOS2. The van der Waals surface area contributed by atoms with E-state index in [0.29, 0.717) is 11.5 Å². The van der Waals surface area contributed by atoms with Gasteiger partial charge in [0.15, 0.2) is 0 Å². The Kier molecular flexibility index (Phi) is 5.08. The van der Waals surface area contributed by atoms with Gasteiger partial charge in [-0.2, -0.15) is 0 Å². The summed E-state index contributed by atoms with van der Waals surface area (Å²) < 4.78 is 13.0. The molecule has 4 heteroatoms. The van der Waals surface area contributed by atoms with Crippen LogP contribution in [-0.2, 0) is 22.3 Å². The minimum Gasteiger partial charge on any atom is -0.259 e. The third-order valence-corrected chi connectivity index (χ3v) is 6.02. The van der Waals surface area contributed by atoms with Crippen LogP contribution in [0, 0.1) is 0 Å². The van der Waals surface area contributed by atoms with Crippen molar-refractivity contribution in [2.24, 2.45) is 0 Å². The van der Waals surface area contributed by atoms with Gasteiger partial charge in [-0.25, -0.2) is 0 Å². The Balaban J connectivity index is 1.65. The highest BCUT2D eigenvalue weighted by molar-refractivity contribution is 7.83. The van der Waals surface area contributed by atoms with E-state index < -0.39 is 10.8 Å². The van der Waals surface area contributed by atoms with Crippen molar-refractivity contribution < 1.29 is 4.21 Å². The van der Waals surface area contributed by atoms with Crippen LogP contribution >= 0.6 is 22.9 Å². The van der Waals surface area contributed by atoms with Crippen molar-refractivity contribution in [2.45, 2.75) is 11.5 Å². The summed E-state index contributed by atoms with van der Waals surface area (Å²) in [4.78, 5) is 1.07. The third kappa shape index (κ3) is 4.07. The first-order valence-corrected chi connectivity index (χ1v) is 9.62. The summed E-state index contributed by atoms with van der Waals surface area (Å²) in [6.45, 7) is 0. The van der Waals surface area contributed by atoms with Crippen LogP contribution in [0.4, 0.5) is 0 Å². The lowest BCUT2D eigenvalue weighted by Gasteiger charge is -2.04. The monoisotopic (exact) mass is 346 g/mol. The van der Waals surface area contributed by atoms with Gasteiger partial charge < -0.3 is 0 Å². The highest BCUT2D eigenvalue weighted by Crippen LogP contribution is 2.24. The Morgan fingerprint density at radius 3 is 2.14 bits per heavy atom. The van der Waals surface area contributed by atoms with E-state index >= 15 is 0 Å². The zero-order valence-corrected chi connectivity index (χ0v) is 14.3. The fourth-order valence-corrected chi connectivity index (χ4v) is 4.84. The van der Waals surface area contributed by atoms with Gasteiger partial charge in [-0.05, 0) is 28.8 Å². The van der Waals surface area contributed by atoms with E-state index in [2.05, 4.69) is 36.4 Å². The summed E-state index contributed by atoms with van der Waals surface area (Å²) in [7, 11) is -0.908. The van der Waals surface area contributed by atoms with Crippen molar-refractivity contribution in [1.29, 1.82) is 0 Å². The number of halogens is 1. The Bertz CT molecular complexity index is 763. The molecule has 3 aromatic rings. The molecule has 0 saturated heterocycles. The molecule has 22 heavy (non-hydrogen) atoms. The molecule has 1 nitrogen and oxygen atoms in total. The fraction of sp³-hybridized carbons (Fsp3) is 0.111. The minimum atomic E-state index is -0.908. The molecule has 0 fully saturated rings. The van der Waals surface area contributed by atoms with Crippen molar-refractivity contribution in [1.82, 2.24) is 0 Å². The van der Waals surface area contributed by atoms with Crippen molar-refractivity contribution in [3.05, 3.63) is 81.5 Å². The van der Waals surface area contributed by atoms with Gasteiger partial charge in [0, 0.05) is 21.4 Å². The van der Waals surface area contributed by atoms with Crippen LogP contribution in [0.25, 0.3) is 11.1 Å². The smallest absolute Gasteiger partial charge is 0.0931 e. The average Bonchev–Trinajstić information content (AvgIpc) is 2.94. The van der Waals surface area contributed by atoms with E-state index in [1.54, 1.807) is 0 Å². The summed E-state index contributed by atoms with van der Waals surface area (Å²) in [5.41, 5.74) is 3.48. The Hall–Kier alpha value is -1.42. The first-order chi connectivity index (χ1) is 10.7. The van der Waals surface area contributed by atoms with Crippen LogP contribution in [0.3, 0.4) is 0 Å². The van der Waals surface area contributed by atoms with Gasteiger partial charge in [-0.1, -0.05) is 66.2 Å². The predicted octanol–water partition coefficient (Wildman–Crippen LogP) is 5.52. The summed E-state index contributed by atoms with van der Waals surface area (Å²) in [6, 6.07) is 22.3. The SMILES string of the molecule is O=S(Cc1ccc(-c2ccccc2)cc1)Cc1ccc(Cl)s1. The second kappa shape index (κ2) is 7.23. The van der Waals surface area contributed by atoms with E-state index in [-0.39, 0.29) is 0 Å². The Morgan fingerprint density at radius 2 is 1.50 bits per heavy atom. The minimum absolute atomic E-state index is 0.567. The van der Waals surface area contributed by atoms with Gasteiger partial charge >= 0.3 is 0 Å². The lowest BCUT2D eigenvalue weighted by molar-refractivity contribution is 0.682. The van der Waals surface area contributed by atoms with Crippen molar-refractivity contribution in [3.8, 4) is 11.1 Å². The lowest BCUT2D eigenvalue weighted by atomic mass is 10.0. The predicted molar refractivity (Wildman–Crippen MR) is 96.8 cm³/mol. The Morgan fingerprint density at radius 1 is 0.818 bits per heavy atom. The van der Waals surface area contributed by atoms with E-state index in [0.717, 1.165) is 14.8 Å². The van der Waals surface area contributed by atoms with Crippen molar-refractivity contribution in [3.63, 3.8) is 0 Å². The first-order valence-electron chi connectivity index (χ1n) is 6.94. The molecule has 0 aliphatic carbocycles. The molecule has 112 valence electrons. The van der Waals surface area contributed by atoms with Gasteiger partial charge in [0.25, 0.3) is 0 Å². The van der Waals surface area contributed by atoms with Crippen LogP contribution in [-0.4, -0.2) is 4.21 Å². The molecule has 1 unspecified atom stereocenters. The molecule has 0 aliphatic heterocycles. The van der Waals surface area contributed by atoms with E-state index in [1.807, 2.05) is 30.3 Å².